The van der Waals surface area contributed by atoms with E-state index >= 15 is 0 Å². The zero-order valence-electron chi connectivity index (χ0n) is 14.1. The maximum absolute atomic E-state index is 12.0. The highest BCUT2D eigenvalue weighted by Crippen LogP contribution is 2.25. The Hall–Kier alpha value is -2.36. The minimum atomic E-state index is -0.236. The second kappa shape index (κ2) is 9.71. The summed E-state index contributed by atoms with van der Waals surface area (Å²) in [6.45, 7) is 2.45. The largest absolute Gasteiger partial charge is 0.466 e. The van der Waals surface area contributed by atoms with E-state index in [4.69, 9.17) is 9.47 Å². The number of carbonyl (C=O) groups excluding carboxylic acids is 2. The number of carbonyl (C=O) groups is 2. The predicted molar refractivity (Wildman–Crippen MR) is 93.9 cm³/mol. The topological polar surface area (TPSA) is 52.6 Å². The molecule has 2 aromatic carbocycles. The van der Waals surface area contributed by atoms with Crippen LogP contribution in [0.2, 0.25) is 0 Å². The van der Waals surface area contributed by atoms with Crippen molar-refractivity contribution in [2.45, 2.75) is 45.4 Å². The van der Waals surface area contributed by atoms with Crippen molar-refractivity contribution in [3.05, 3.63) is 42.5 Å². The van der Waals surface area contributed by atoms with Gasteiger partial charge in [-0.15, -0.1) is 0 Å². The van der Waals surface area contributed by atoms with Crippen molar-refractivity contribution < 1.29 is 19.1 Å². The van der Waals surface area contributed by atoms with Gasteiger partial charge < -0.3 is 9.47 Å². The molecule has 0 aliphatic rings. The van der Waals surface area contributed by atoms with Crippen LogP contribution in [-0.2, 0) is 14.3 Å². The first-order valence-corrected chi connectivity index (χ1v) is 8.54. The first-order valence-electron chi connectivity index (χ1n) is 8.54. The van der Waals surface area contributed by atoms with Gasteiger partial charge in [0.1, 0.15) is 5.75 Å². The molecule has 0 bridgehead atoms. The fraction of sp³-hybridized carbons (Fsp3) is 0.400. The van der Waals surface area contributed by atoms with Crippen LogP contribution in [0.3, 0.4) is 0 Å². The summed E-state index contributed by atoms with van der Waals surface area (Å²) in [4.78, 5) is 23.3. The normalized spacial score (nSPS) is 10.5. The summed E-state index contributed by atoms with van der Waals surface area (Å²) < 4.78 is 10.5. The Morgan fingerprint density at radius 2 is 1.58 bits per heavy atom. The highest BCUT2D eigenvalue weighted by molar-refractivity contribution is 5.90. The van der Waals surface area contributed by atoms with Crippen molar-refractivity contribution in [1.82, 2.24) is 0 Å². The molecular formula is C20H24O4. The molecule has 2 aromatic rings. The third-order valence-electron chi connectivity index (χ3n) is 3.70. The highest BCUT2D eigenvalue weighted by Gasteiger charge is 2.08. The van der Waals surface area contributed by atoms with Crippen molar-refractivity contribution in [2.75, 3.05) is 6.61 Å². The van der Waals surface area contributed by atoms with E-state index in [0.717, 1.165) is 30.0 Å². The average molecular weight is 328 g/mol. The van der Waals surface area contributed by atoms with Crippen LogP contribution >= 0.6 is 0 Å². The third-order valence-corrected chi connectivity index (χ3v) is 3.70. The number of benzene rings is 2. The Bertz CT molecular complexity index is 673. The molecule has 0 aromatic heterocycles. The van der Waals surface area contributed by atoms with E-state index in [2.05, 4.69) is 0 Å². The molecule has 0 atom stereocenters. The molecule has 4 nitrogen and oxygen atoms in total. The highest BCUT2D eigenvalue weighted by atomic mass is 16.5. The monoisotopic (exact) mass is 328 g/mol. The second-order valence-electron chi connectivity index (χ2n) is 5.73. The van der Waals surface area contributed by atoms with E-state index < -0.39 is 0 Å². The number of hydrogen-bond donors (Lipinski definition) is 0. The third kappa shape index (κ3) is 5.69. The summed E-state index contributed by atoms with van der Waals surface area (Å²) >= 11 is 0. The van der Waals surface area contributed by atoms with Gasteiger partial charge in [-0.1, -0.05) is 49.7 Å². The van der Waals surface area contributed by atoms with Crippen LogP contribution in [0, 0.1) is 0 Å². The van der Waals surface area contributed by atoms with Crippen LogP contribution in [0.25, 0.3) is 10.8 Å². The van der Waals surface area contributed by atoms with Gasteiger partial charge in [-0.05, 0) is 30.7 Å². The van der Waals surface area contributed by atoms with Gasteiger partial charge in [-0.25, -0.2) is 0 Å². The zero-order chi connectivity index (χ0) is 17.2. The van der Waals surface area contributed by atoms with E-state index in [-0.39, 0.29) is 11.9 Å². The van der Waals surface area contributed by atoms with Gasteiger partial charge in [-0.2, -0.15) is 0 Å². The first kappa shape index (κ1) is 18.0. The molecule has 2 rings (SSSR count). The minimum Gasteiger partial charge on any atom is -0.466 e. The summed E-state index contributed by atoms with van der Waals surface area (Å²) in [5.74, 6) is 0.205. The van der Waals surface area contributed by atoms with E-state index in [0.29, 0.717) is 31.6 Å². The lowest BCUT2D eigenvalue weighted by atomic mass is 10.1. The Morgan fingerprint density at radius 1 is 0.875 bits per heavy atom. The first-order chi connectivity index (χ1) is 11.7. The van der Waals surface area contributed by atoms with Crippen molar-refractivity contribution in [1.29, 1.82) is 0 Å². The van der Waals surface area contributed by atoms with Gasteiger partial charge in [0, 0.05) is 18.2 Å². The molecule has 0 aliphatic carbocycles. The number of fused-ring (bicyclic) bond motifs is 1. The molecule has 0 fully saturated rings. The zero-order valence-corrected chi connectivity index (χ0v) is 14.1. The predicted octanol–water partition coefficient (Wildman–Crippen LogP) is 4.65. The molecule has 4 heteroatoms. The summed E-state index contributed by atoms with van der Waals surface area (Å²) in [6, 6.07) is 13.5. The molecule has 0 heterocycles. The molecule has 0 spiro atoms. The van der Waals surface area contributed by atoms with E-state index in [1.165, 1.54) is 0 Å². The number of hydrogen-bond acceptors (Lipinski definition) is 4. The standard InChI is InChI=1S/C20H24O4/c1-2-15-23-19(21)13-4-3-5-14-20(22)24-18-12-8-10-16-9-6-7-11-17(16)18/h6-12H,2-5,13-15H2,1H3. The van der Waals surface area contributed by atoms with E-state index in [1.807, 2.05) is 49.4 Å². The molecule has 0 N–H and O–H groups in total. The summed E-state index contributed by atoms with van der Waals surface area (Å²) in [7, 11) is 0. The fourth-order valence-electron chi connectivity index (χ4n) is 2.46. The lowest BCUT2D eigenvalue weighted by Gasteiger charge is -2.07. The van der Waals surface area contributed by atoms with Gasteiger partial charge in [0.2, 0.25) is 0 Å². The molecule has 24 heavy (non-hydrogen) atoms. The van der Waals surface area contributed by atoms with Gasteiger partial charge in [0.25, 0.3) is 0 Å². The Morgan fingerprint density at radius 3 is 2.38 bits per heavy atom. The molecule has 0 radical (unpaired) electrons. The van der Waals surface area contributed by atoms with Gasteiger partial charge >= 0.3 is 11.9 Å². The van der Waals surface area contributed by atoms with Crippen molar-refractivity contribution in [3.63, 3.8) is 0 Å². The van der Waals surface area contributed by atoms with Gasteiger partial charge in [-0.3, -0.25) is 9.59 Å². The summed E-state index contributed by atoms with van der Waals surface area (Å²) in [5.41, 5.74) is 0. The Kier molecular flexibility index (Phi) is 7.27. The lowest BCUT2D eigenvalue weighted by Crippen LogP contribution is -2.08. The molecule has 0 saturated heterocycles. The molecule has 0 amide bonds. The lowest BCUT2D eigenvalue weighted by molar-refractivity contribution is -0.143. The van der Waals surface area contributed by atoms with Crippen LogP contribution in [0.15, 0.2) is 42.5 Å². The van der Waals surface area contributed by atoms with E-state index in [1.54, 1.807) is 0 Å². The quantitative estimate of drug-likeness (QED) is 0.382. The Labute approximate surface area is 142 Å². The molecule has 0 unspecified atom stereocenters. The van der Waals surface area contributed by atoms with Gasteiger partial charge in [0.15, 0.2) is 0 Å². The van der Waals surface area contributed by atoms with Crippen molar-refractivity contribution in [2.24, 2.45) is 0 Å². The molecule has 128 valence electrons. The van der Waals surface area contributed by atoms with Crippen LogP contribution in [0.4, 0.5) is 0 Å². The number of rotatable bonds is 9. The van der Waals surface area contributed by atoms with E-state index in [9.17, 15) is 9.59 Å². The number of ether oxygens (including phenoxy) is 2. The smallest absolute Gasteiger partial charge is 0.311 e. The molecule has 0 aliphatic heterocycles. The van der Waals surface area contributed by atoms with Crippen molar-refractivity contribution in [3.8, 4) is 5.75 Å². The number of unbranched alkanes of at least 4 members (excludes halogenated alkanes) is 2. The van der Waals surface area contributed by atoms with Crippen LogP contribution in [0.5, 0.6) is 5.75 Å². The minimum absolute atomic E-state index is 0.157. The summed E-state index contributed by atoms with van der Waals surface area (Å²) in [5, 5.41) is 1.99. The summed E-state index contributed by atoms with van der Waals surface area (Å²) in [6.07, 6.45) is 3.87. The maximum Gasteiger partial charge on any atom is 0.311 e. The van der Waals surface area contributed by atoms with Crippen molar-refractivity contribution >= 4 is 22.7 Å². The number of esters is 2. The molecule has 0 saturated carbocycles. The van der Waals surface area contributed by atoms with Crippen LogP contribution in [0.1, 0.15) is 45.4 Å². The fourth-order valence-corrected chi connectivity index (χ4v) is 2.46. The van der Waals surface area contributed by atoms with Gasteiger partial charge in [0.05, 0.1) is 6.61 Å². The Balaban J connectivity index is 1.71. The van der Waals surface area contributed by atoms with Crippen LogP contribution in [-0.4, -0.2) is 18.5 Å². The molecular weight excluding hydrogens is 304 g/mol. The average Bonchev–Trinajstić information content (AvgIpc) is 2.60. The maximum atomic E-state index is 12.0. The second-order valence-corrected chi connectivity index (χ2v) is 5.73. The SMILES string of the molecule is CCCOC(=O)CCCCCC(=O)Oc1cccc2ccccc12. The van der Waals surface area contributed by atoms with Crippen LogP contribution < -0.4 is 4.74 Å².